The third-order valence-corrected chi connectivity index (χ3v) is 5.48. The van der Waals surface area contributed by atoms with E-state index in [2.05, 4.69) is 9.71 Å². The summed E-state index contributed by atoms with van der Waals surface area (Å²) in [6.07, 6.45) is 3.18. The molecule has 0 saturated carbocycles. The molecule has 136 valence electrons. The second kappa shape index (κ2) is 7.14. The van der Waals surface area contributed by atoms with Gasteiger partial charge in [0.2, 0.25) is 10.0 Å². The molecule has 0 bridgehead atoms. The summed E-state index contributed by atoms with van der Waals surface area (Å²) in [4.78, 5) is 3.53. The zero-order valence-corrected chi connectivity index (χ0v) is 15.1. The zero-order valence-electron chi connectivity index (χ0n) is 13.5. The molecule has 2 aromatic carbocycles. The van der Waals surface area contributed by atoms with Crippen molar-refractivity contribution in [3.05, 3.63) is 82.9 Å². The van der Waals surface area contributed by atoms with Crippen molar-refractivity contribution in [3.63, 3.8) is 0 Å². The van der Waals surface area contributed by atoms with Crippen molar-refractivity contribution in [1.82, 2.24) is 14.3 Å². The number of hydrogen-bond donors (Lipinski definition) is 1. The summed E-state index contributed by atoms with van der Waals surface area (Å²) in [6.45, 7) is 0. The highest BCUT2D eigenvalue weighted by molar-refractivity contribution is 7.89. The van der Waals surface area contributed by atoms with E-state index in [9.17, 15) is 17.2 Å². The number of rotatable bonds is 5. The number of hydrogen-bond acceptors (Lipinski definition) is 3. The van der Waals surface area contributed by atoms with Crippen molar-refractivity contribution < 1.29 is 17.2 Å². The number of nitrogens with zero attached hydrogens (tertiary/aromatic N) is 2. The van der Waals surface area contributed by atoms with E-state index in [0.717, 1.165) is 12.1 Å². The quantitative estimate of drug-likeness (QED) is 0.717. The van der Waals surface area contributed by atoms with E-state index in [1.165, 1.54) is 6.20 Å². The first-order valence-corrected chi connectivity index (χ1v) is 9.34. The minimum absolute atomic E-state index is 0.401. The van der Waals surface area contributed by atoms with Crippen molar-refractivity contribution in [2.45, 2.75) is 10.9 Å². The van der Waals surface area contributed by atoms with Crippen molar-refractivity contribution in [1.29, 1.82) is 0 Å². The first-order valence-electron chi connectivity index (χ1n) is 7.48. The summed E-state index contributed by atoms with van der Waals surface area (Å²) in [6, 6.07) is 7.91. The van der Waals surface area contributed by atoms with Gasteiger partial charge in [-0.2, -0.15) is 4.72 Å². The van der Waals surface area contributed by atoms with Crippen LogP contribution in [0.2, 0.25) is 5.02 Å². The maximum atomic E-state index is 14.0. The molecule has 26 heavy (non-hydrogen) atoms. The molecule has 0 aliphatic rings. The first-order chi connectivity index (χ1) is 12.3. The highest BCUT2D eigenvalue weighted by atomic mass is 35.5. The standard InChI is InChI=1S/C17H14ClF2N3O2S/c1-23-9-8-21-17(23)16(11-2-4-12(18)5-3-11)22-26(24,25)15-7-6-13(19)10-14(15)20/h2-10,16,22H,1H3/t16-/m1/s1. The van der Waals surface area contributed by atoms with E-state index in [4.69, 9.17) is 11.6 Å². The van der Waals surface area contributed by atoms with Crippen molar-refractivity contribution in [2.75, 3.05) is 0 Å². The summed E-state index contributed by atoms with van der Waals surface area (Å²) in [7, 11) is -2.58. The number of halogens is 3. The fourth-order valence-electron chi connectivity index (χ4n) is 2.49. The van der Waals surface area contributed by atoms with E-state index >= 15 is 0 Å². The predicted octanol–water partition coefficient (Wildman–Crippen LogP) is 3.42. The van der Waals surface area contributed by atoms with Crippen LogP contribution in [0.4, 0.5) is 8.78 Å². The second-order valence-electron chi connectivity index (χ2n) is 5.58. The second-order valence-corrected chi connectivity index (χ2v) is 7.70. The third-order valence-electron chi connectivity index (χ3n) is 3.78. The van der Waals surface area contributed by atoms with E-state index in [-0.39, 0.29) is 0 Å². The molecule has 0 aliphatic carbocycles. The molecule has 1 N–H and O–H groups in total. The molecule has 0 aliphatic heterocycles. The van der Waals surface area contributed by atoms with Crippen molar-refractivity contribution >= 4 is 21.6 Å². The topological polar surface area (TPSA) is 64.0 Å². The molecule has 0 spiro atoms. The van der Waals surface area contributed by atoms with Gasteiger partial charge in [-0.3, -0.25) is 0 Å². The van der Waals surface area contributed by atoms with Gasteiger partial charge < -0.3 is 4.57 Å². The Morgan fingerprint density at radius 1 is 1.15 bits per heavy atom. The lowest BCUT2D eigenvalue weighted by Gasteiger charge is -2.19. The molecule has 0 saturated heterocycles. The van der Waals surface area contributed by atoms with E-state index in [1.54, 1.807) is 42.1 Å². The molecule has 0 radical (unpaired) electrons. The molecule has 0 fully saturated rings. The minimum Gasteiger partial charge on any atom is -0.336 e. The van der Waals surface area contributed by atoms with Crippen LogP contribution in [-0.4, -0.2) is 18.0 Å². The van der Waals surface area contributed by atoms with Gasteiger partial charge >= 0.3 is 0 Å². The Balaban J connectivity index is 2.05. The van der Waals surface area contributed by atoms with Crippen LogP contribution in [0.5, 0.6) is 0 Å². The van der Waals surface area contributed by atoms with Crippen LogP contribution in [0.3, 0.4) is 0 Å². The van der Waals surface area contributed by atoms with Crippen LogP contribution in [0.25, 0.3) is 0 Å². The number of nitrogens with one attached hydrogen (secondary N) is 1. The molecule has 3 aromatic rings. The van der Waals surface area contributed by atoms with E-state index < -0.39 is 32.6 Å². The Bertz CT molecular complexity index is 1040. The van der Waals surface area contributed by atoms with E-state index in [0.29, 0.717) is 22.5 Å². The van der Waals surface area contributed by atoms with Gasteiger partial charge in [-0.25, -0.2) is 22.2 Å². The van der Waals surface area contributed by atoms with Gasteiger partial charge in [0.15, 0.2) is 0 Å². The van der Waals surface area contributed by atoms with Gasteiger partial charge in [-0.1, -0.05) is 23.7 Å². The van der Waals surface area contributed by atoms with E-state index in [1.807, 2.05) is 0 Å². The number of sulfonamides is 1. The molecule has 0 unspecified atom stereocenters. The summed E-state index contributed by atoms with van der Waals surface area (Å²) in [5.41, 5.74) is 0.565. The Hall–Kier alpha value is -2.29. The average molecular weight is 398 g/mol. The lowest BCUT2D eigenvalue weighted by Crippen LogP contribution is -2.31. The number of benzene rings is 2. The van der Waals surface area contributed by atoms with Crippen LogP contribution in [0.1, 0.15) is 17.4 Å². The SMILES string of the molecule is Cn1ccnc1[C@H](NS(=O)(=O)c1ccc(F)cc1F)c1ccc(Cl)cc1. The van der Waals surface area contributed by atoms with Gasteiger partial charge in [0, 0.05) is 30.5 Å². The maximum absolute atomic E-state index is 14.0. The Kier molecular flexibility index (Phi) is 5.08. The van der Waals surface area contributed by atoms with Gasteiger partial charge in [0.25, 0.3) is 0 Å². The predicted molar refractivity (Wildman–Crippen MR) is 93.2 cm³/mol. The van der Waals surface area contributed by atoms with Crippen molar-refractivity contribution in [2.24, 2.45) is 7.05 Å². The van der Waals surface area contributed by atoms with Gasteiger partial charge in [0.05, 0.1) is 0 Å². The monoisotopic (exact) mass is 397 g/mol. The molecule has 1 atom stereocenters. The number of aryl methyl sites for hydroxylation is 1. The molecular formula is C17H14ClF2N3O2S. The summed E-state index contributed by atoms with van der Waals surface area (Å²) >= 11 is 5.89. The highest BCUT2D eigenvalue weighted by Crippen LogP contribution is 2.25. The fraction of sp³-hybridized carbons (Fsp3) is 0.118. The highest BCUT2D eigenvalue weighted by Gasteiger charge is 2.27. The lowest BCUT2D eigenvalue weighted by atomic mass is 10.1. The molecule has 3 rings (SSSR count). The third kappa shape index (κ3) is 3.77. The smallest absolute Gasteiger partial charge is 0.244 e. The van der Waals surface area contributed by atoms with Gasteiger partial charge in [0.1, 0.15) is 28.4 Å². The molecule has 1 aromatic heterocycles. The lowest BCUT2D eigenvalue weighted by molar-refractivity contribution is 0.535. The Morgan fingerprint density at radius 2 is 1.85 bits per heavy atom. The molecule has 5 nitrogen and oxygen atoms in total. The maximum Gasteiger partial charge on any atom is 0.244 e. The minimum atomic E-state index is -4.29. The Labute approximate surface area is 154 Å². The summed E-state index contributed by atoms with van der Waals surface area (Å²) < 4.78 is 56.5. The molecule has 9 heteroatoms. The van der Waals surface area contributed by atoms with Crippen LogP contribution in [0.15, 0.2) is 59.8 Å². The van der Waals surface area contributed by atoms with Crippen LogP contribution >= 0.6 is 11.6 Å². The number of imidazole rings is 1. The zero-order chi connectivity index (χ0) is 18.9. The summed E-state index contributed by atoms with van der Waals surface area (Å²) in [5, 5.41) is 0.486. The normalized spacial score (nSPS) is 12.9. The fourth-order valence-corrected chi connectivity index (χ4v) is 3.86. The molecule has 0 amide bonds. The number of aromatic nitrogens is 2. The molecular weight excluding hydrogens is 384 g/mol. The van der Waals surface area contributed by atoms with Gasteiger partial charge in [-0.15, -0.1) is 0 Å². The Morgan fingerprint density at radius 3 is 2.42 bits per heavy atom. The van der Waals surface area contributed by atoms with Crippen molar-refractivity contribution in [3.8, 4) is 0 Å². The average Bonchev–Trinajstić information content (AvgIpc) is 2.99. The van der Waals surface area contributed by atoms with Crippen LogP contribution in [0, 0.1) is 11.6 Å². The molecule has 1 heterocycles. The van der Waals surface area contributed by atoms with Gasteiger partial charge in [-0.05, 0) is 29.8 Å². The summed E-state index contributed by atoms with van der Waals surface area (Å²) in [5.74, 6) is -1.63. The first kappa shape index (κ1) is 18.5. The van der Waals surface area contributed by atoms with Crippen LogP contribution < -0.4 is 4.72 Å². The van der Waals surface area contributed by atoms with Crippen LogP contribution in [-0.2, 0) is 17.1 Å². The largest absolute Gasteiger partial charge is 0.336 e.